The number of halogens is 3. The first-order valence-corrected chi connectivity index (χ1v) is 15.5. The van der Waals surface area contributed by atoms with E-state index in [4.69, 9.17) is 13.0 Å². The Balaban J connectivity index is 0.000000738. The number of rotatable bonds is 18. The lowest BCUT2D eigenvalue weighted by atomic mass is 10.1. The molecule has 0 aliphatic rings. The molecule has 0 unspecified atom stereocenters. The largest absolute Gasteiger partial charge is 0.741 e. The van der Waals surface area contributed by atoms with Crippen LogP contribution < -0.4 is 4.57 Å². The first-order chi connectivity index (χ1) is 17.6. The highest BCUT2D eigenvalue weighted by atomic mass is 32.2. The molecule has 0 fully saturated rings. The standard InChI is InChI=1S/C27H47N2.CHF3O3S/c1-3-5-7-9-11-13-15-19-23-28-25-29(27-22-18-17-21-26(27)28)24-20-16-14-12-10-8-6-4-2;2-1(3,4)8(5,6)7/h17-18,21-22,25H,3-16,19-20,23-24H2,1-2H3;(H,5,6,7)/q+1;/p-1. The van der Waals surface area contributed by atoms with Gasteiger partial charge in [-0.15, -0.1) is 0 Å². The van der Waals surface area contributed by atoms with Crippen molar-refractivity contribution in [1.29, 1.82) is 0 Å². The number of hydrogen-bond donors (Lipinski definition) is 0. The molecular formula is C28H47F3N2O3S. The van der Waals surface area contributed by atoms with E-state index in [0.717, 1.165) is 0 Å². The number of fused-ring (bicyclic) bond motifs is 1. The molecule has 5 nitrogen and oxygen atoms in total. The number of aromatic nitrogens is 2. The number of alkyl halides is 3. The first kappa shape index (κ1) is 33.4. The Morgan fingerprint density at radius 3 is 1.68 bits per heavy atom. The van der Waals surface area contributed by atoms with Crippen LogP contribution in [-0.2, 0) is 23.2 Å². The minimum absolute atomic E-state index is 1.17. The number of nitrogens with zero attached hydrogens (tertiary/aromatic N) is 2. The Kier molecular flexibility index (Phi) is 16.8. The van der Waals surface area contributed by atoms with Crippen molar-refractivity contribution in [3.8, 4) is 0 Å². The molecule has 214 valence electrons. The van der Waals surface area contributed by atoms with Gasteiger partial charge >= 0.3 is 5.51 Å². The number of benzene rings is 1. The molecule has 1 aromatic carbocycles. The fourth-order valence-corrected chi connectivity index (χ4v) is 4.43. The van der Waals surface area contributed by atoms with E-state index < -0.39 is 15.6 Å². The number of unbranched alkanes of at least 4 members (excludes halogenated alkanes) is 14. The fourth-order valence-electron chi connectivity index (χ4n) is 4.43. The van der Waals surface area contributed by atoms with E-state index in [0.29, 0.717) is 0 Å². The van der Waals surface area contributed by atoms with Crippen LogP contribution in [0.3, 0.4) is 0 Å². The predicted molar refractivity (Wildman–Crippen MR) is 143 cm³/mol. The van der Waals surface area contributed by atoms with E-state index >= 15 is 0 Å². The summed E-state index contributed by atoms with van der Waals surface area (Å²) in [6, 6.07) is 8.97. The van der Waals surface area contributed by atoms with Crippen molar-refractivity contribution in [2.75, 3.05) is 0 Å². The van der Waals surface area contributed by atoms with Crippen molar-refractivity contribution in [3.05, 3.63) is 30.6 Å². The van der Waals surface area contributed by atoms with Crippen LogP contribution in [0.4, 0.5) is 13.2 Å². The summed E-state index contributed by atoms with van der Waals surface area (Å²) in [5.41, 5.74) is -2.82. The number of para-hydroxylation sites is 2. The van der Waals surface area contributed by atoms with E-state index in [2.05, 4.69) is 53.6 Å². The molecule has 0 aliphatic carbocycles. The summed E-state index contributed by atoms with van der Waals surface area (Å²) < 4.78 is 63.9. The van der Waals surface area contributed by atoms with Crippen molar-refractivity contribution in [2.45, 2.75) is 135 Å². The monoisotopic (exact) mass is 548 g/mol. The van der Waals surface area contributed by atoms with Crippen LogP contribution in [0.5, 0.6) is 0 Å². The Hall–Kier alpha value is -1.61. The Labute approximate surface area is 222 Å². The molecule has 0 atom stereocenters. The van der Waals surface area contributed by atoms with Gasteiger partial charge in [-0.05, 0) is 37.8 Å². The lowest BCUT2D eigenvalue weighted by Gasteiger charge is -2.08. The first-order valence-electron chi connectivity index (χ1n) is 14.1. The third kappa shape index (κ3) is 14.2. The van der Waals surface area contributed by atoms with Gasteiger partial charge in [-0.1, -0.05) is 103 Å². The van der Waals surface area contributed by atoms with Crippen molar-refractivity contribution < 1.29 is 30.7 Å². The van der Waals surface area contributed by atoms with Gasteiger partial charge in [-0.25, -0.2) is 17.6 Å². The lowest BCUT2D eigenvalue weighted by molar-refractivity contribution is -0.672. The van der Waals surface area contributed by atoms with Crippen LogP contribution in [0.25, 0.3) is 11.0 Å². The Morgan fingerprint density at radius 1 is 0.757 bits per heavy atom. The van der Waals surface area contributed by atoms with Crippen LogP contribution in [0.2, 0.25) is 0 Å². The highest BCUT2D eigenvalue weighted by Crippen LogP contribution is 2.20. The SMILES string of the molecule is CCCCCCCCCCn1c[n+](CCCCCCCCCC)c2ccccc21.O=S(=O)([O-])C(F)(F)F. The summed E-state index contributed by atoms with van der Waals surface area (Å²) >= 11 is 0. The van der Waals surface area contributed by atoms with Crippen molar-refractivity contribution >= 4 is 21.2 Å². The van der Waals surface area contributed by atoms with Crippen molar-refractivity contribution in [2.24, 2.45) is 0 Å². The van der Waals surface area contributed by atoms with E-state index in [-0.39, 0.29) is 0 Å². The molecule has 0 saturated heterocycles. The molecule has 0 radical (unpaired) electrons. The van der Waals surface area contributed by atoms with Gasteiger partial charge in [0, 0.05) is 0 Å². The van der Waals surface area contributed by atoms with Gasteiger partial charge in [0.1, 0.15) is 0 Å². The third-order valence-electron chi connectivity index (χ3n) is 6.57. The molecule has 37 heavy (non-hydrogen) atoms. The molecule has 0 N–H and O–H groups in total. The molecule has 0 bridgehead atoms. The second kappa shape index (κ2) is 18.6. The quantitative estimate of drug-likeness (QED) is 0.0815. The second-order valence-electron chi connectivity index (χ2n) is 9.84. The van der Waals surface area contributed by atoms with Gasteiger partial charge < -0.3 is 4.55 Å². The van der Waals surface area contributed by atoms with E-state index in [9.17, 15) is 13.2 Å². The molecular weight excluding hydrogens is 501 g/mol. The summed E-state index contributed by atoms with van der Waals surface area (Å²) in [5, 5.41) is 0. The molecule has 1 aromatic heterocycles. The minimum atomic E-state index is -6.09. The lowest BCUT2D eigenvalue weighted by Crippen LogP contribution is -2.32. The minimum Gasteiger partial charge on any atom is -0.741 e. The van der Waals surface area contributed by atoms with Crippen molar-refractivity contribution in [3.63, 3.8) is 0 Å². The molecule has 0 spiro atoms. The topological polar surface area (TPSA) is 66.0 Å². The van der Waals surface area contributed by atoms with Crippen LogP contribution in [0.15, 0.2) is 30.6 Å². The van der Waals surface area contributed by atoms with Gasteiger partial charge in [0.05, 0.1) is 13.1 Å². The zero-order valence-corrected chi connectivity index (χ0v) is 23.6. The molecule has 9 heteroatoms. The Morgan fingerprint density at radius 2 is 1.19 bits per heavy atom. The predicted octanol–water partition coefficient (Wildman–Crippen LogP) is 8.26. The second-order valence-corrected chi connectivity index (χ2v) is 11.2. The zero-order valence-electron chi connectivity index (χ0n) is 22.8. The maximum absolute atomic E-state index is 10.7. The Bertz CT molecular complexity index is 905. The number of aryl methyl sites for hydroxylation is 2. The normalized spacial score (nSPS) is 12.1. The van der Waals surface area contributed by atoms with Crippen LogP contribution in [-0.4, -0.2) is 23.0 Å². The zero-order chi connectivity index (χ0) is 27.6. The van der Waals surface area contributed by atoms with E-state index in [1.165, 1.54) is 127 Å². The number of imidazole rings is 1. The molecule has 0 aliphatic heterocycles. The summed E-state index contributed by atoms with van der Waals surface area (Å²) in [6.07, 6.45) is 24.6. The van der Waals surface area contributed by atoms with E-state index in [1.54, 1.807) is 0 Å². The maximum atomic E-state index is 10.7. The molecule has 0 amide bonds. The van der Waals surface area contributed by atoms with E-state index in [1.807, 2.05) is 0 Å². The van der Waals surface area contributed by atoms with Crippen LogP contribution in [0.1, 0.15) is 117 Å². The summed E-state index contributed by atoms with van der Waals surface area (Å²) in [4.78, 5) is 0. The van der Waals surface area contributed by atoms with Gasteiger partial charge in [0.25, 0.3) is 0 Å². The van der Waals surface area contributed by atoms with Crippen LogP contribution in [0, 0.1) is 0 Å². The average molecular weight is 549 g/mol. The van der Waals surface area contributed by atoms with Crippen LogP contribution >= 0.6 is 0 Å². The summed E-state index contributed by atoms with van der Waals surface area (Å²) in [5.74, 6) is 0. The number of hydrogen-bond acceptors (Lipinski definition) is 3. The smallest absolute Gasteiger partial charge is 0.485 e. The highest BCUT2D eigenvalue weighted by Gasteiger charge is 2.36. The maximum Gasteiger partial charge on any atom is 0.485 e. The van der Waals surface area contributed by atoms with Crippen molar-refractivity contribution in [1.82, 2.24) is 4.57 Å². The van der Waals surface area contributed by atoms with Gasteiger partial charge in [-0.3, -0.25) is 0 Å². The molecule has 1 heterocycles. The molecule has 0 saturated carbocycles. The summed E-state index contributed by atoms with van der Waals surface area (Å²) in [7, 11) is -6.09. The van der Waals surface area contributed by atoms with Gasteiger partial charge in [0.15, 0.2) is 21.2 Å². The molecule has 2 rings (SSSR count). The fraction of sp³-hybridized carbons (Fsp3) is 0.750. The van der Waals surface area contributed by atoms with Gasteiger partial charge in [0.2, 0.25) is 6.33 Å². The van der Waals surface area contributed by atoms with Gasteiger partial charge in [-0.2, -0.15) is 13.2 Å². The molecule has 2 aromatic rings. The average Bonchev–Trinajstić information content (AvgIpc) is 3.19. The highest BCUT2D eigenvalue weighted by molar-refractivity contribution is 7.86. The third-order valence-corrected chi connectivity index (χ3v) is 7.13. The summed E-state index contributed by atoms with van der Waals surface area (Å²) in [6.45, 7) is 6.92.